The molecule has 0 aromatic carbocycles. The van der Waals surface area contributed by atoms with E-state index in [4.69, 9.17) is 14.0 Å². The van der Waals surface area contributed by atoms with Crippen molar-refractivity contribution in [1.82, 2.24) is 4.90 Å². The highest BCUT2D eigenvalue weighted by Crippen LogP contribution is 2.13. The number of amides is 1. The van der Waals surface area contributed by atoms with Crippen molar-refractivity contribution >= 4 is 17.2 Å². The first kappa shape index (κ1) is 14.4. The van der Waals surface area contributed by atoms with Crippen molar-refractivity contribution in [2.75, 3.05) is 25.4 Å². The van der Waals surface area contributed by atoms with E-state index in [2.05, 4.69) is 0 Å². The number of morpholine rings is 1. The fourth-order valence-electron chi connectivity index (χ4n) is 1.47. The number of rotatable bonds is 2. The molecule has 2 atom stereocenters. The van der Waals surface area contributed by atoms with E-state index >= 15 is 0 Å². The standard InChI is InChI=1S/C10H19NO5S/c1-10(2,3)16-9(12)11-4-5-15-8(6-11)7-17(13)14/h8H,4-7H2,1-3H3,(H,13,14). The highest BCUT2D eigenvalue weighted by Gasteiger charge is 2.28. The van der Waals surface area contributed by atoms with E-state index < -0.39 is 28.9 Å². The van der Waals surface area contributed by atoms with Crippen molar-refractivity contribution in [3.05, 3.63) is 0 Å². The van der Waals surface area contributed by atoms with Gasteiger partial charge in [0, 0.05) is 6.54 Å². The van der Waals surface area contributed by atoms with Gasteiger partial charge in [0.1, 0.15) is 5.60 Å². The summed E-state index contributed by atoms with van der Waals surface area (Å²) in [7, 11) is 0. The first-order chi connectivity index (χ1) is 7.78. The van der Waals surface area contributed by atoms with E-state index in [1.165, 1.54) is 4.90 Å². The minimum Gasteiger partial charge on any atom is -0.444 e. The quantitative estimate of drug-likeness (QED) is 0.749. The first-order valence-corrected chi connectivity index (χ1v) is 6.72. The monoisotopic (exact) mass is 265 g/mol. The molecule has 0 aromatic heterocycles. The average molecular weight is 265 g/mol. The Morgan fingerprint density at radius 1 is 1.59 bits per heavy atom. The van der Waals surface area contributed by atoms with Crippen molar-refractivity contribution in [1.29, 1.82) is 0 Å². The molecule has 2 unspecified atom stereocenters. The van der Waals surface area contributed by atoms with Crippen molar-refractivity contribution in [3.8, 4) is 0 Å². The molecule has 0 aromatic rings. The zero-order chi connectivity index (χ0) is 13.1. The topological polar surface area (TPSA) is 76.1 Å². The second kappa shape index (κ2) is 5.79. The molecule has 1 heterocycles. The minimum absolute atomic E-state index is 0.0132. The van der Waals surface area contributed by atoms with Crippen molar-refractivity contribution in [2.45, 2.75) is 32.5 Å². The summed E-state index contributed by atoms with van der Waals surface area (Å²) in [5.41, 5.74) is -0.537. The fourth-order valence-corrected chi connectivity index (χ4v) is 1.99. The van der Waals surface area contributed by atoms with E-state index in [0.29, 0.717) is 19.7 Å². The van der Waals surface area contributed by atoms with Gasteiger partial charge in [-0.15, -0.1) is 0 Å². The lowest BCUT2D eigenvalue weighted by Gasteiger charge is -2.33. The van der Waals surface area contributed by atoms with Gasteiger partial charge in [-0.3, -0.25) is 0 Å². The lowest BCUT2D eigenvalue weighted by Crippen LogP contribution is -2.48. The molecule has 0 spiro atoms. The number of hydrogen-bond acceptors (Lipinski definition) is 4. The maximum atomic E-state index is 11.8. The van der Waals surface area contributed by atoms with Crippen LogP contribution in [0.5, 0.6) is 0 Å². The van der Waals surface area contributed by atoms with Gasteiger partial charge in [-0.2, -0.15) is 0 Å². The Balaban J connectivity index is 2.49. The summed E-state index contributed by atoms with van der Waals surface area (Å²) >= 11 is -1.91. The maximum Gasteiger partial charge on any atom is 0.410 e. The summed E-state index contributed by atoms with van der Waals surface area (Å²) < 4.78 is 30.0. The summed E-state index contributed by atoms with van der Waals surface area (Å²) in [5, 5.41) is 0. The Bertz CT molecular complexity index is 302. The third kappa shape index (κ3) is 5.47. The van der Waals surface area contributed by atoms with Gasteiger partial charge in [0.25, 0.3) is 0 Å². The van der Waals surface area contributed by atoms with Crippen LogP contribution >= 0.6 is 0 Å². The second-order valence-corrected chi connectivity index (χ2v) is 5.88. The molecule has 1 aliphatic heterocycles. The lowest BCUT2D eigenvalue weighted by molar-refractivity contribution is -0.0343. The zero-order valence-corrected chi connectivity index (χ0v) is 11.2. The number of hydrogen-bond donors (Lipinski definition) is 1. The SMILES string of the molecule is CC(C)(C)OC(=O)N1CCOC(CS(=O)O)C1. The number of carbonyl (C=O) groups is 1. The van der Waals surface area contributed by atoms with Crippen molar-refractivity contribution in [2.24, 2.45) is 0 Å². The van der Waals surface area contributed by atoms with Crippen LogP contribution in [0.1, 0.15) is 20.8 Å². The molecule has 0 bridgehead atoms. The molecule has 1 saturated heterocycles. The molecule has 17 heavy (non-hydrogen) atoms. The summed E-state index contributed by atoms with van der Waals surface area (Å²) in [4.78, 5) is 13.3. The molecule has 0 radical (unpaired) electrons. The normalized spacial score (nSPS) is 23.3. The van der Waals surface area contributed by atoms with Crippen LogP contribution in [-0.2, 0) is 20.6 Å². The Morgan fingerprint density at radius 2 is 2.24 bits per heavy atom. The molecule has 0 saturated carbocycles. The predicted octanol–water partition coefficient (Wildman–Crippen LogP) is 0.844. The molecule has 1 aliphatic rings. The lowest BCUT2D eigenvalue weighted by atomic mass is 10.2. The third-order valence-electron chi connectivity index (χ3n) is 2.12. The van der Waals surface area contributed by atoms with Gasteiger partial charge in [0.15, 0.2) is 11.1 Å². The molecule has 7 heteroatoms. The predicted molar refractivity (Wildman–Crippen MR) is 63.2 cm³/mol. The molecule has 1 rings (SSSR count). The Morgan fingerprint density at radius 3 is 2.76 bits per heavy atom. The van der Waals surface area contributed by atoms with Crippen molar-refractivity contribution in [3.63, 3.8) is 0 Å². The van der Waals surface area contributed by atoms with Crippen LogP contribution in [0.4, 0.5) is 4.79 Å². The van der Waals surface area contributed by atoms with Gasteiger partial charge in [-0.1, -0.05) is 0 Å². The van der Waals surface area contributed by atoms with E-state index in [1.807, 2.05) is 0 Å². The molecule has 1 N–H and O–H groups in total. The highest BCUT2D eigenvalue weighted by atomic mass is 32.2. The van der Waals surface area contributed by atoms with Crippen LogP contribution in [0, 0.1) is 0 Å². The largest absolute Gasteiger partial charge is 0.444 e. The van der Waals surface area contributed by atoms with Gasteiger partial charge in [-0.25, -0.2) is 9.00 Å². The summed E-state index contributed by atoms with van der Waals surface area (Å²) in [6, 6.07) is 0. The number of carbonyl (C=O) groups excluding carboxylic acids is 1. The van der Waals surface area contributed by atoms with Crippen LogP contribution in [0.15, 0.2) is 0 Å². The molecule has 1 amide bonds. The van der Waals surface area contributed by atoms with Gasteiger partial charge in [-0.05, 0) is 20.8 Å². The Hall–Kier alpha value is -0.660. The Labute approximate surface area is 104 Å². The Kier molecular flexibility index (Phi) is 4.91. The summed E-state index contributed by atoms with van der Waals surface area (Å²) in [6.45, 7) is 6.49. The van der Waals surface area contributed by atoms with Crippen LogP contribution in [0.2, 0.25) is 0 Å². The van der Waals surface area contributed by atoms with E-state index in [1.54, 1.807) is 20.8 Å². The van der Waals surface area contributed by atoms with E-state index in [-0.39, 0.29) is 5.75 Å². The molecule has 100 valence electrons. The smallest absolute Gasteiger partial charge is 0.410 e. The molecule has 6 nitrogen and oxygen atoms in total. The summed E-state index contributed by atoms with van der Waals surface area (Å²) in [5.74, 6) is 0.0132. The van der Waals surface area contributed by atoms with Crippen LogP contribution in [-0.4, -0.2) is 56.9 Å². The number of ether oxygens (including phenoxy) is 2. The first-order valence-electron chi connectivity index (χ1n) is 5.45. The van der Waals surface area contributed by atoms with Gasteiger partial charge >= 0.3 is 6.09 Å². The molecule has 0 aliphatic carbocycles. The second-order valence-electron chi connectivity index (χ2n) is 4.91. The van der Waals surface area contributed by atoms with Crippen LogP contribution in [0.3, 0.4) is 0 Å². The average Bonchev–Trinajstić information content (AvgIpc) is 2.14. The third-order valence-corrected chi connectivity index (χ3v) is 2.78. The molecular weight excluding hydrogens is 246 g/mol. The van der Waals surface area contributed by atoms with E-state index in [0.717, 1.165) is 0 Å². The van der Waals surface area contributed by atoms with E-state index in [9.17, 15) is 9.00 Å². The number of nitrogens with zero attached hydrogens (tertiary/aromatic N) is 1. The fraction of sp³-hybridized carbons (Fsp3) is 0.900. The summed E-state index contributed by atoms with van der Waals surface area (Å²) in [6.07, 6.45) is -0.809. The van der Waals surface area contributed by atoms with Gasteiger partial charge in [0.2, 0.25) is 0 Å². The van der Waals surface area contributed by atoms with Crippen LogP contribution < -0.4 is 0 Å². The highest BCUT2D eigenvalue weighted by molar-refractivity contribution is 7.79. The maximum absolute atomic E-state index is 11.8. The zero-order valence-electron chi connectivity index (χ0n) is 10.3. The molecular formula is C10H19NO5S. The van der Waals surface area contributed by atoms with Gasteiger partial charge in [0.05, 0.1) is 25.0 Å². The molecule has 1 fully saturated rings. The minimum atomic E-state index is -1.91. The van der Waals surface area contributed by atoms with Gasteiger partial charge < -0.3 is 18.9 Å². The van der Waals surface area contributed by atoms with Crippen LogP contribution in [0.25, 0.3) is 0 Å². The van der Waals surface area contributed by atoms with Crippen molar-refractivity contribution < 1.29 is 23.0 Å².